The van der Waals surface area contributed by atoms with Gasteiger partial charge in [0.15, 0.2) is 9.84 Å². The lowest BCUT2D eigenvalue weighted by atomic mass is 9.87. The quantitative estimate of drug-likeness (QED) is 0.883. The first-order chi connectivity index (χ1) is 7.46. The summed E-state index contributed by atoms with van der Waals surface area (Å²) < 4.78 is 24.2. The van der Waals surface area contributed by atoms with Gasteiger partial charge in [-0.05, 0) is 37.0 Å². The van der Waals surface area contributed by atoms with Gasteiger partial charge in [0.25, 0.3) is 0 Å². The highest BCUT2D eigenvalue weighted by Gasteiger charge is 2.31. The zero-order chi connectivity index (χ0) is 13.5. The van der Waals surface area contributed by atoms with Gasteiger partial charge in [0.2, 0.25) is 0 Å². The average molecular weight is 255 g/mol. The zero-order valence-corrected chi connectivity index (χ0v) is 11.9. The molecule has 0 aromatic heterocycles. The average Bonchev–Trinajstić information content (AvgIpc) is 2.15. The Morgan fingerprint density at radius 1 is 0.941 bits per heavy atom. The van der Waals surface area contributed by atoms with E-state index in [1.54, 1.807) is 12.1 Å². The molecule has 1 aromatic rings. The topological polar surface area (TPSA) is 60.2 Å². The SMILES string of the molecule is CC(C)(C)c1ccc(S(=O)(=O)C(C)(C)N)cc1. The van der Waals surface area contributed by atoms with Crippen LogP contribution in [0.15, 0.2) is 29.2 Å². The maximum absolute atomic E-state index is 12.1. The van der Waals surface area contributed by atoms with E-state index in [-0.39, 0.29) is 10.3 Å². The summed E-state index contributed by atoms with van der Waals surface area (Å²) >= 11 is 0. The maximum Gasteiger partial charge on any atom is 0.196 e. The summed E-state index contributed by atoms with van der Waals surface area (Å²) in [6.07, 6.45) is 0. The van der Waals surface area contributed by atoms with Gasteiger partial charge >= 0.3 is 0 Å². The molecular formula is C13H21NO2S. The summed E-state index contributed by atoms with van der Waals surface area (Å²) in [7, 11) is -3.46. The Hall–Kier alpha value is -0.870. The lowest BCUT2D eigenvalue weighted by Gasteiger charge is -2.22. The first-order valence-electron chi connectivity index (χ1n) is 5.60. The van der Waals surface area contributed by atoms with Crippen LogP contribution in [0.1, 0.15) is 40.2 Å². The largest absolute Gasteiger partial charge is 0.313 e. The van der Waals surface area contributed by atoms with Crippen LogP contribution >= 0.6 is 0 Å². The predicted molar refractivity (Wildman–Crippen MR) is 70.6 cm³/mol. The fourth-order valence-electron chi connectivity index (χ4n) is 1.44. The van der Waals surface area contributed by atoms with Crippen LogP contribution in [-0.4, -0.2) is 13.3 Å². The van der Waals surface area contributed by atoms with E-state index in [4.69, 9.17) is 5.73 Å². The van der Waals surface area contributed by atoms with Crippen LogP contribution in [0.4, 0.5) is 0 Å². The third-order valence-corrected chi connectivity index (χ3v) is 5.00. The fraction of sp³-hybridized carbons (Fsp3) is 0.538. The van der Waals surface area contributed by atoms with E-state index in [1.165, 1.54) is 13.8 Å². The molecule has 0 heterocycles. The van der Waals surface area contributed by atoms with Crippen LogP contribution in [0.25, 0.3) is 0 Å². The van der Waals surface area contributed by atoms with Gasteiger partial charge in [-0.3, -0.25) is 0 Å². The maximum atomic E-state index is 12.1. The Kier molecular flexibility index (Phi) is 3.43. The molecule has 3 nitrogen and oxygen atoms in total. The van der Waals surface area contributed by atoms with Gasteiger partial charge in [0.05, 0.1) is 4.90 Å². The van der Waals surface area contributed by atoms with Crippen molar-refractivity contribution in [2.75, 3.05) is 0 Å². The van der Waals surface area contributed by atoms with Gasteiger partial charge in [0.1, 0.15) is 4.87 Å². The van der Waals surface area contributed by atoms with Gasteiger partial charge in [-0.15, -0.1) is 0 Å². The fourth-order valence-corrected chi connectivity index (χ4v) is 2.54. The van der Waals surface area contributed by atoms with Crippen LogP contribution in [0.2, 0.25) is 0 Å². The molecule has 0 amide bonds. The highest BCUT2D eigenvalue weighted by Crippen LogP contribution is 2.26. The minimum Gasteiger partial charge on any atom is -0.313 e. The molecule has 0 saturated carbocycles. The number of sulfone groups is 1. The Labute approximate surface area is 104 Å². The molecule has 0 aliphatic heterocycles. The van der Waals surface area contributed by atoms with E-state index in [2.05, 4.69) is 20.8 Å². The molecule has 0 fully saturated rings. The van der Waals surface area contributed by atoms with Crippen LogP contribution < -0.4 is 5.73 Å². The van der Waals surface area contributed by atoms with Crippen molar-refractivity contribution in [2.45, 2.75) is 49.8 Å². The van der Waals surface area contributed by atoms with Crippen molar-refractivity contribution in [3.05, 3.63) is 29.8 Å². The summed E-state index contributed by atoms with van der Waals surface area (Å²) in [4.78, 5) is -0.978. The molecule has 0 aliphatic rings. The molecule has 1 rings (SSSR count). The lowest BCUT2D eigenvalue weighted by molar-refractivity contribution is 0.552. The molecule has 0 atom stereocenters. The summed E-state index contributed by atoms with van der Waals surface area (Å²) in [6, 6.07) is 6.95. The zero-order valence-electron chi connectivity index (χ0n) is 11.1. The Balaban J connectivity index is 3.22. The molecular weight excluding hydrogens is 234 g/mol. The van der Waals surface area contributed by atoms with Crippen LogP contribution in [0.3, 0.4) is 0 Å². The smallest absolute Gasteiger partial charge is 0.196 e. The first-order valence-corrected chi connectivity index (χ1v) is 7.08. The van der Waals surface area contributed by atoms with E-state index in [0.29, 0.717) is 0 Å². The molecule has 17 heavy (non-hydrogen) atoms. The monoisotopic (exact) mass is 255 g/mol. The number of hydrogen-bond acceptors (Lipinski definition) is 3. The number of benzene rings is 1. The van der Waals surface area contributed by atoms with Crippen molar-refractivity contribution >= 4 is 9.84 Å². The molecule has 0 saturated heterocycles. The highest BCUT2D eigenvalue weighted by molar-refractivity contribution is 7.92. The summed E-state index contributed by atoms with van der Waals surface area (Å²) in [5.74, 6) is 0. The summed E-state index contributed by atoms with van der Waals surface area (Å²) in [5, 5.41) is 0. The van der Waals surface area contributed by atoms with E-state index < -0.39 is 14.7 Å². The molecule has 0 unspecified atom stereocenters. The molecule has 4 heteroatoms. The van der Waals surface area contributed by atoms with Crippen molar-refractivity contribution in [3.8, 4) is 0 Å². The van der Waals surface area contributed by atoms with Gasteiger partial charge in [-0.25, -0.2) is 8.42 Å². The molecule has 1 aromatic carbocycles. The Bertz CT molecular complexity index is 488. The third-order valence-electron chi connectivity index (χ3n) is 2.72. The number of rotatable bonds is 2. The predicted octanol–water partition coefficient (Wildman–Crippen LogP) is 2.45. The first kappa shape index (κ1) is 14.2. The van der Waals surface area contributed by atoms with Crippen LogP contribution in [0, 0.1) is 0 Å². The lowest BCUT2D eigenvalue weighted by Crippen LogP contribution is -2.41. The van der Waals surface area contributed by atoms with Crippen molar-refractivity contribution < 1.29 is 8.42 Å². The van der Waals surface area contributed by atoms with Crippen molar-refractivity contribution in [1.82, 2.24) is 0 Å². The van der Waals surface area contributed by atoms with Gasteiger partial charge in [-0.1, -0.05) is 32.9 Å². The van der Waals surface area contributed by atoms with E-state index in [9.17, 15) is 8.42 Å². The molecule has 0 radical (unpaired) electrons. The summed E-state index contributed by atoms with van der Waals surface area (Å²) in [5.41, 5.74) is 6.80. The third kappa shape index (κ3) is 2.87. The van der Waals surface area contributed by atoms with E-state index in [0.717, 1.165) is 5.56 Å². The molecule has 2 N–H and O–H groups in total. The van der Waals surface area contributed by atoms with Crippen molar-refractivity contribution in [1.29, 1.82) is 0 Å². The van der Waals surface area contributed by atoms with Gasteiger partial charge < -0.3 is 5.73 Å². The van der Waals surface area contributed by atoms with Crippen molar-refractivity contribution in [2.24, 2.45) is 5.73 Å². The molecule has 96 valence electrons. The van der Waals surface area contributed by atoms with Crippen molar-refractivity contribution in [3.63, 3.8) is 0 Å². The standard InChI is InChI=1S/C13H21NO2S/c1-12(2,3)10-6-8-11(9-7-10)17(15,16)13(4,5)14/h6-9H,14H2,1-5H3. The Morgan fingerprint density at radius 2 is 1.35 bits per heavy atom. The second kappa shape index (κ2) is 4.10. The van der Waals surface area contributed by atoms with Crippen LogP contribution in [0.5, 0.6) is 0 Å². The second-order valence-electron chi connectivity index (χ2n) is 5.88. The summed E-state index contributed by atoms with van der Waals surface area (Å²) in [6.45, 7) is 9.26. The molecule has 0 spiro atoms. The molecule has 0 bridgehead atoms. The number of hydrogen-bond donors (Lipinski definition) is 1. The normalized spacial score (nSPS) is 13.8. The second-order valence-corrected chi connectivity index (χ2v) is 8.41. The highest BCUT2D eigenvalue weighted by atomic mass is 32.2. The van der Waals surface area contributed by atoms with E-state index in [1.807, 2.05) is 12.1 Å². The Morgan fingerprint density at radius 3 is 1.65 bits per heavy atom. The van der Waals surface area contributed by atoms with Crippen LogP contribution in [-0.2, 0) is 15.3 Å². The van der Waals surface area contributed by atoms with Gasteiger partial charge in [-0.2, -0.15) is 0 Å². The van der Waals surface area contributed by atoms with Gasteiger partial charge in [0, 0.05) is 0 Å². The molecule has 0 aliphatic carbocycles. The minimum atomic E-state index is -3.46. The minimum absolute atomic E-state index is 0.0144. The number of nitrogens with two attached hydrogens (primary N) is 1. The van der Waals surface area contributed by atoms with E-state index >= 15 is 0 Å².